The molecule has 6 heteroatoms. The Morgan fingerprint density at radius 3 is 2.19 bits per heavy atom. The second-order valence-corrected chi connectivity index (χ2v) is 7.44. The fourth-order valence-electron chi connectivity index (χ4n) is 4.13. The number of rotatable bonds is 7. The molecule has 2 aromatic carbocycles. The van der Waals surface area contributed by atoms with E-state index in [0.29, 0.717) is 23.4 Å². The van der Waals surface area contributed by atoms with Crippen molar-refractivity contribution in [1.82, 2.24) is 9.78 Å². The molecule has 6 nitrogen and oxygen atoms in total. The number of hydrogen-bond donors (Lipinski definition) is 1. The van der Waals surface area contributed by atoms with Crippen molar-refractivity contribution in [3.8, 4) is 17.8 Å². The SMILES string of the molecule is CCc1[nH]n(-c2ccccc2)c(=O)c1C(C#N)(C#N)c1ccc(N(CC)CC)cc1C. The number of nitrogens with one attached hydrogen (secondary N) is 1. The van der Waals surface area contributed by atoms with Gasteiger partial charge in [-0.1, -0.05) is 31.2 Å². The number of para-hydroxylation sites is 1. The van der Waals surface area contributed by atoms with Crippen molar-refractivity contribution < 1.29 is 0 Å². The van der Waals surface area contributed by atoms with Gasteiger partial charge in [0.05, 0.1) is 23.4 Å². The molecule has 0 amide bonds. The van der Waals surface area contributed by atoms with Crippen molar-refractivity contribution in [3.05, 3.63) is 81.3 Å². The maximum Gasteiger partial charge on any atom is 0.277 e. The molecule has 0 fully saturated rings. The van der Waals surface area contributed by atoms with E-state index in [1.165, 1.54) is 4.68 Å². The summed E-state index contributed by atoms with van der Waals surface area (Å²) in [7, 11) is 0. The van der Waals surface area contributed by atoms with Gasteiger partial charge >= 0.3 is 0 Å². The summed E-state index contributed by atoms with van der Waals surface area (Å²) in [5.41, 5.74) is 1.74. The third kappa shape index (κ3) is 3.62. The predicted octanol–water partition coefficient (Wildman–Crippen LogP) is 4.22. The van der Waals surface area contributed by atoms with E-state index < -0.39 is 5.41 Å². The molecular formula is C25H27N5O. The fourth-order valence-corrected chi connectivity index (χ4v) is 4.13. The average molecular weight is 414 g/mol. The minimum Gasteiger partial charge on any atom is -0.372 e. The van der Waals surface area contributed by atoms with Gasteiger partial charge in [0.25, 0.3) is 5.56 Å². The normalized spacial score (nSPS) is 11.0. The molecule has 3 aromatic rings. The van der Waals surface area contributed by atoms with Crippen molar-refractivity contribution in [2.24, 2.45) is 0 Å². The lowest BCUT2D eigenvalue weighted by Gasteiger charge is -2.25. The number of nitrogens with zero attached hydrogens (tertiary/aromatic N) is 4. The second-order valence-electron chi connectivity index (χ2n) is 7.44. The first-order chi connectivity index (χ1) is 15.0. The van der Waals surface area contributed by atoms with E-state index in [9.17, 15) is 15.3 Å². The average Bonchev–Trinajstić information content (AvgIpc) is 3.14. The highest BCUT2D eigenvalue weighted by Crippen LogP contribution is 2.35. The largest absolute Gasteiger partial charge is 0.372 e. The number of nitriles is 2. The van der Waals surface area contributed by atoms with Crippen LogP contribution in [0.2, 0.25) is 0 Å². The van der Waals surface area contributed by atoms with Gasteiger partial charge in [-0.15, -0.1) is 0 Å². The highest BCUT2D eigenvalue weighted by molar-refractivity contribution is 5.60. The molecule has 0 aliphatic rings. The monoisotopic (exact) mass is 413 g/mol. The van der Waals surface area contributed by atoms with Crippen molar-refractivity contribution in [2.45, 2.75) is 39.5 Å². The zero-order chi connectivity index (χ0) is 22.6. The van der Waals surface area contributed by atoms with Crippen LogP contribution in [0.25, 0.3) is 5.69 Å². The van der Waals surface area contributed by atoms with Gasteiger partial charge in [-0.05, 0) is 62.6 Å². The molecule has 0 aliphatic heterocycles. The molecule has 1 aromatic heterocycles. The first-order valence-electron chi connectivity index (χ1n) is 10.6. The Hall–Kier alpha value is -3.77. The van der Waals surface area contributed by atoms with Gasteiger partial charge in [-0.2, -0.15) is 10.5 Å². The molecule has 1 heterocycles. The van der Waals surface area contributed by atoms with Crippen molar-refractivity contribution in [3.63, 3.8) is 0 Å². The van der Waals surface area contributed by atoms with Gasteiger partial charge in [-0.25, -0.2) is 4.68 Å². The highest BCUT2D eigenvalue weighted by Gasteiger charge is 2.42. The molecule has 0 radical (unpaired) electrons. The molecule has 0 spiro atoms. The van der Waals surface area contributed by atoms with E-state index in [2.05, 4.69) is 36.0 Å². The van der Waals surface area contributed by atoms with Crippen LogP contribution in [0, 0.1) is 29.6 Å². The molecule has 31 heavy (non-hydrogen) atoms. The summed E-state index contributed by atoms with van der Waals surface area (Å²) in [4.78, 5) is 15.7. The van der Waals surface area contributed by atoms with E-state index in [0.717, 1.165) is 24.3 Å². The van der Waals surface area contributed by atoms with Crippen LogP contribution in [0.15, 0.2) is 53.3 Å². The molecule has 0 saturated heterocycles. The number of aromatic nitrogens is 2. The summed E-state index contributed by atoms with van der Waals surface area (Å²) in [6.45, 7) is 9.68. The summed E-state index contributed by atoms with van der Waals surface area (Å²) < 4.78 is 1.41. The van der Waals surface area contributed by atoms with Gasteiger partial charge in [0, 0.05) is 24.5 Å². The summed E-state index contributed by atoms with van der Waals surface area (Å²) in [5, 5.41) is 23.6. The maximum atomic E-state index is 13.5. The van der Waals surface area contributed by atoms with E-state index in [1.807, 2.05) is 62.4 Å². The Balaban J connectivity index is 2.27. The third-order valence-corrected chi connectivity index (χ3v) is 5.79. The van der Waals surface area contributed by atoms with Gasteiger partial charge in [0.2, 0.25) is 5.41 Å². The van der Waals surface area contributed by atoms with Gasteiger partial charge in [0.1, 0.15) is 0 Å². The lowest BCUT2D eigenvalue weighted by molar-refractivity contribution is 0.806. The molecule has 0 aliphatic carbocycles. The molecule has 0 bridgehead atoms. The number of anilines is 1. The molecule has 0 saturated carbocycles. The molecular weight excluding hydrogens is 386 g/mol. The Kier molecular flexibility index (Phi) is 6.32. The summed E-state index contributed by atoms with van der Waals surface area (Å²) in [6, 6.07) is 19.3. The molecule has 158 valence electrons. The van der Waals surface area contributed by atoms with Gasteiger partial charge in [0.15, 0.2) is 0 Å². The Morgan fingerprint density at radius 1 is 1.03 bits per heavy atom. The Bertz CT molecular complexity index is 1190. The van der Waals surface area contributed by atoms with Crippen molar-refractivity contribution in [2.75, 3.05) is 18.0 Å². The first kappa shape index (κ1) is 21.9. The number of benzene rings is 2. The lowest BCUT2D eigenvalue weighted by Crippen LogP contribution is -2.33. The van der Waals surface area contributed by atoms with Gasteiger partial charge < -0.3 is 4.90 Å². The molecule has 3 rings (SSSR count). The standard InChI is InChI=1S/C25H27N5O/c1-5-22-23(24(31)30(28-22)19-11-9-8-10-12-19)25(16-26,17-27)21-14-13-20(15-18(21)4)29(6-2)7-3/h8-15,28H,5-7H2,1-4H3. The van der Waals surface area contributed by atoms with Crippen LogP contribution >= 0.6 is 0 Å². The van der Waals surface area contributed by atoms with E-state index in [-0.39, 0.29) is 11.1 Å². The smallest absolute Gasteiger partial charge is 0.277 e. The van der Waals surface area contributed by atoms with Crippen LogP contribution < -0.4 is 10.5 Å². The summed E-state index contributed by atoms with van der Waals surface area (Å²) in [5.74, 6) is 0. The lowest BCUT2D eigenvalue weighted by atomic mass is 9.74. The zero-order valence-electron chi connectivity index (χ0n) is 18.4. The molecule has 1 N–H and O–H groups in total. The molecule has 0 atom stereocenters. The van der Waals surface area contributed by atoms with E-state index >= 15 is 0 Å². The first-order valence-corrected chi connectivity index (χ1v) is 10.6. The van der Waals surface area contributed by atoms with Gasteiger partial charge in [-0.3, -0.25) is 9.89 Å². The van der Waals surface area contributed by atoms with Crippen molar-refractivity contribution in [1.29, 1.82) is 10.5 Å². The van der Waals surface area contributed by atoms with E-state index in [4.69, 9.17) is 0 Å². The number of hydrogen-bond acceptors (Lipinski definition) is 4. The quantitative estimate of drug-likeness (QED) is 0.628. The van der Waals surface area contributed by atoms with Crippen LogP contribution in [0.1, 0.15) is 43.2 Å². The Labute approximate surface area is 183 Å². The maximum absolute atomic E-state index is 13.5. The molecule has 0 unspecified atom stereocenters. The van der Waals surface area contributed by atoms with E-state index in [1.54, 1.807) is 0 Å². The fraction of sp³-hybridized carbons (Fsp3) is 0.320. The minimum absolute atomic E-state index is 0.197. The topological polar surface area (TPSA) is 88.6 Å². The van der Waals surface area contributed by atoms with Crippen LogP contribution in [-0.2, 0) is 11.8 Å². The third-order valence-electron chi connectivity index (χ3n) is 5.79. The summed E-state index contributed by atoms with van der Waals surface area (Å²) in [6.07, 6.45) is 0.492. The number of aromatic amines is 1. The zero-order valence-corrected chi connectivity index (χ0v) is 18.4. The van der Waals surface area contributed by atoms with Crippen LogP contribution in [0.4, 0.5) is 5.69 Å². The van der Waals surface area contributed by atoms with Crippen LogP contribution in [0.3, 0.4) is 0 Å². The predicted molar refractivity (Wildman–Crippen MR) is 123 cm³/mol. The Morgan fingerprint density at radius 2 is 1.68 bits per heavy atom. The number of H-pyrrole nitrogens is 1. The summed E-state index contributed by atoms with van der Waals surface area (Å²) >= 11 is 0. The van der Waals surface area contributed by atoms with Crippen molar-refractivity contribution >= 4 is 5.69 Å². The van der Waals surface area contributed by atoms with Crippen LogP contribution in [-0.4, -0.2) is 22.9 Å². The highest BCUT2D eigenvalue weighted by atomic mass is 16.1. The van der Waals surface area contributed by atoms with Crippen LogP contribution in [0.5, 0.6) is 0 Å². The second kappa shape index (κ2) is 8.93. The number of aryl methyl sites for hydroxylation is 2. The minimum atomic E-state index is -1.70.